The molecule has 0 heterocycles. The summed E-state index contributed by atoms with van der Waals surface area (Å²) in [5.74, 6) is 2.50. The highest BCUT2D eigenvalue weighted by molar-refractivity contribution is 6.63. The van der Waals surface area contributed by atoms with Crippen LogP contribution in [0.1, 0.15) is 41.5 Å². The third-order valence-corrected chi connectivity index (χ3v) is 2.31. The van der Waals surface area contributed by atoms with E-state index in [2.05, 4.69) is 41.5 Å². The second-order valence-corrected chi connectivity index (χ2v) is 4.31. The lowest BCUT2D eigenvalue weighted by atomic mass is 9.30. The van der Waals surface area contributed by atoms with Gasteiger partial charge in [-0.1, -0.05) is 41.5 Å². The summed E-state index contributed by atoms with van der Waals surface area (Å²) >= 11 is 0. The monoisotopic (exact) mass is 140 g/mol. The molecule has 0 N–H and O–H groups in total. The average Bonchev–Trinajstić information content (AvgIpc) is 1.59. The van der Waals surface area contributed by atoms with Crippen LogP contribution in [0.2, 0.25) is 17.5 Å². The Morgan fingerprint density at radius 3 is 0.800 bits per heavy atom. The molecule has 1 heteroatoms. The van der Waals surface area contributed by atoms with Gasteiger partial charge in [-0.25, -0.2) is 17.5 Å². The summed E-state index contributed by atoms with van der Waals surface area (Å²) in [4.78, 5) is 0. The van der Waals surface area contributed by atoms with Crippen LogP contribution in [-0.2, 0) is 0 Å². The molecule has 0 aromatic carbocycles. The largest absolute Gasteiger partial charge is 0.202 e. The fourth-order valence-electron chi connectivity index (χ4n) is 2.31. The first-order valence-electron chi connectivity index (χ1n) is 4.46. The van der Waals surface area contributed by atoms with Gasteiger partial charge in [0, 0.05) is 0 Å². The van der Waals surface area contributed by atoms with Gasteiger partial charge >= 0.3 is 0 Å². The minimum atomic E-state index is 0.833. The molecular weight excluding hydrogens is 119 g/mol. The molecule has 61 valence electrons. The van der Waals surface area contributed by atoms with Gasteiger partial charge in [-0.15, -0.1) is 6.71 Å². The highest BCUT2D eigenvalue weighted by Crippen LogP contribution is 2.28. The van der Waals surface area contributed by atoms with E-state index in [0.717, 1.165) is 24.2 Å². The molecule has 0 nitrogen and oxygen atoms in total. The van der Waals surface area contributed by atoms with Gasteiger partial charge < -0.3 is 0 Å². The Morgan fingerprint density at radius 2 is 0.800 bits per heavy atom. The quantitative estimate of drug-likeness (QED) is 0.524. The van der Waals surface area contributed by atoms with Crippen LogP contribution >= 0.6 is 0 Å². The maximum atomic E-state index is 2.32. The van der Waals surface area contributed by atoms with Gasteiger partial charge in [0.25, 0.3) is 0 Å². The first-order valence-corrected chi connectivity index (χ1v) is 4.46. The minimum Gasteiger partial charge on any atom is -0.202 e. The van der Waals surface area contributed by atoms with Gasteiger partial charge in [-0.3, -0.25) is 0 Å². The molecule has 0 rings (SSSR count). The molecule has 0 saturated carbocycles. The van der Waals surface area contributed by atoms with E-state index in [4.69, 9.17) is 0 Å². The van der Waals surface area contributed by atoms with Crippen molar-refractivity contribution in [3.05, 3.63) is 0 Å². The summed E-state index contributed by atoms with van der Waals surface area (Å²) in [5.41, 5.74) is 0. The molecule has 0 aromatic heterocycles. The third-order valence-electron chi connectivity index (χ3n) is 2.31. The van der Waals surface area contributed by atoms with E-state index in [1.807, 2.05) is 0 Å². The smallest absolute Gasteiger partial charge is 0.0972 e. The molecule has 10 heavy (non-hydrogen) atoms. The normalized spacial score (nSPS) is 12.6. The third kappa shape index (κ3) is 2.77. The number of hydrogen-bond acceptors (Lipinski definition) is 0. The second-order valence-electron chi connectivity index (χ2n) is 4.31. The molecule has 0 unspecified atom stereocenters. The Labute approximate surface area is 66.5 Å². The van der Waals surface area contributed by atoms with Crippen LogP contribution in [0, 0.1) is 0 Å². The van der Waals surface area contributed by atoms with Crippen molar-refractivity contribution in [2.75, 3.05) is 0 Å². The predicted octanol–water partition coefficient (Wildman–Crippen LogP) is 3.71. The topological polar surface area (TPSA) is 0 Å². The van der Waals surface area contributed by atoms with Crippen LogP contribution in [0.5, 0.6) is 0 Å². The zero-order chi connectivity index (χ0) is 8.31. The molecule has 0 aromatic rings. The number of hydrogen-bond donors (Lipinski definition) is 0. The van der Waals surface area contributed by atoms with Crippen LogP contribution in [0.15, 0.2) is 0 Å². The van der Waals surface area contributed by atoms with Gasteiger partial charge in [-0.05, 0) is 0 Å². The fraction of sp³-hybridized carbons (Fsp3) is 1.00. The van der Waals surface area contributed by atoms with E-state index in [1.165, 1.54) is 0 Å². The van der Waals surface area contributed by atoms with Gasteiger partial charge in [0.2, 0.25) is 0 Å². The zero-order valence-corrected chi connectivity index (χ0v) is 8.31. The van der Waals surface area contributed by atoms with Crippen molar-refractivity contribution in [3.8, 4) is 0 Å². The molecule has 1 radical (unpaired) electrons. The Morgan fingerprint density at radius 1 is 0.600 bits per heavy atom. The van der Waals surface area contributed by atoms with Crippen LogP contribution in [0.4, 0.5) is 0 Å². The zero-order valence-electron chi connectivity index (χ0n) is 8.31. The van der Waals surface area contributed by atoms with Crippen LogP contribution in [-0.4, -0.2) is 6.71 Å². The van der Waals surface area contributed by atoms with Gasteiger partial charge in [-0.2, -0.15) is 0 Å². The average molecular weight is 140 g/mol. The van der Waals surface area contributed by atoms with Crippen molar-refractivity contribution >= 4 is 6.71 Å². The summed E-state index contributed by atoms with van der Waals surface area (Å²) in [5, 5.41) is 0. The summed E-state index contributed by atoms with van der Waals surface area (Å²) in [6.45, 7) is 14.8. The Balaban J connectivity index is 3.98. The van der Waals surface area contributed by atoms with Crippen molar-refractivity contribution in [1.29, 1.82) is 0 Å². The molecule has 0 atom stereocenters. The second kappa shape index (κ2) is 4.05. The van der Waals surface area contributed by atoms with Gasteiger partial charge in [0.1, 0.15) is 0 Å². The van der Waals surface area contributed by atoms with Crippen LogP contribution in [0.3, 0.4) is 0 Å². The molecule has 0 aliphatic carbocycles. The Bertz CT molecular complexity index is 65.7. The van der Waals surface area contributed by atoms with E-state index < -0.39 is 0 Å². The van der Waals surface area contributed by atoms with Crippen LogP contribution in [0.25, 0.3) is 0 Å². The lowest BCUT2D eigenvalue weighted by Crippen LogP contribution is -2.24. The van der Waals surface area contributed by atoms with Gasteiger partial charge in [0.05, 0.1) is 0 Å². The van der Waals surface area contributed by atoms with E-state index in [0.29, 0.717) is 0 Å². The van der Waals surface area contributed by atoms with E-state index in [-0.39, 0.29) is 0 Å². The Hall–Kier alpha value is 0.0649. The van der Waals surface area contributed by atoms with Gasteiger partial charge in [0.15, 0.2) is 0 Å². The fourth-order valence-corrected chi connectivity index (χ4v) is 2.31. The van der Waals surface area contributed by atoms with Crippen molar-refractivity contribution in [3.63, 3.8) is 0 Å². The molecule has 0 bridgehead atoms. The standard InChI is InChI=1S/C9H21B/c1-7(2)10(8(3)4)9(5)6/h7-9H,1-6H3/q-1. The van der Waals surface area contributed by atoms with Crippen molar-refractivity contribution in [2.24, 2.45) is 0 Å². The lowest BCUT2D eigenvalue weighted by Gasteiger charge is -2.39. The SMILES string of the molecule is CC(C)[B-](C(C)C)C(C)C. The van der Waals surface area contributed by atoms with Crippen LogP contribution < -0.4 is 0 Å². The summed E-state index contributed by atoms with van der Waals surface area (Å²) in [6.07, 6.45) is 0. The molecule has 0 aliphatic rings. The van der Waals surface area contributed by atoms with E-state index in [1.54, 1.807) is 0 Å². The molecule has 0 spiro atoms. The molecular formula is C9H21B-. The maximum absolute atomic E-state index is 2.32. The van der Waals surface area contributed by atoms with Crippen molar-refractivity contribution in [1.82, 2.24) is 0 Å². The summed E-state index contributed by atoms with van der Waals surface area (Å²) < 4.78 is 0. The lowest BCUT2D eigenvalue weighted by molar-refractivity contribution is 0.863. The summed E-state index contributed by atoms with van der Waals surface area (Å²) in [6, 6.07) is 0. The molecule has 0 fully saturated rings. The van der Waals surface area contributed by atoms with E-state index >= 15 is 0 Å². The van der Waals surface area contributed by atoms with Crippen molar-refractivity contribution in [2.45, 2.75) is 59.0 Å². The maximum Gasteiger partial charge on any atom is -0.0972 e. The molecule has 0 aliphatic heterocycles. The summed E-state index contributed by atoms with van der Waals surface area (Å²) in [7, 11) is 0. The molecule has 0 amide bonds. The highest BCUT2D eigenvalue weighted by Gasteiger charge is 2.08. The highest BCUT2D eigenvalue weighted by atomic mass is 14.0. The molecule has 0 saturated heterocycles. The van der Waals surface area contributed by atoms with Crippen molar-refractivity contribution < 1.29 is 0 Å². The minimum absolute atomic E-state index is 0.833. The number of rotatable bonds is 3. The first-order chi connectivity index (χ1) is 4.46. The van der Waals surface area contributed by atoms with E-state index in [9.17, 15) is 0 Å². The predicted molar refractivity (Wildman–Crippen MR) is 51.0 cm³/mol. The Kier molecular flexibility index (Phi) is 4.08. The first kappa shape index (κ1) is 10.1.